The third kappa shape index (κ3) is 6.84. The maximum absolute atomic E-state index is 13.6. The van der Waals surface area contributed by atoms with Gasteiger partial charge in [0.25, 0.3) is 0 Å². The molecule has 130 valence electrons. The Bertz CT molecular complexity index is 510. The molecule has 0 aliphatic carbocycles. The van der Waals surface area contributed by atoms with Crippen molar-refractivity contribution in [1.29, 1.82) is 0 Å². The molecule has 1 aromatic rings. The number of rotatable bonds is 5. The zero-order valence-electron chi connectivity index (χ0n) is 13.6. The summed E-state index contributed by atoms with van der Waals surface area (Å²) in [5, 5.41) is 6.73. The molecule has 0 radical (unpaired) electrons. The predicted molar refractivity (Wildman–Crippen MR) is 106 cm³/mol. The van der Waals surface area contributed by atoms with Crippen molar-refractivity contribution in [2.75, 3.05) is 25.7 Å². The highest BCUT2D eigenvalue weighted by Crippen LogP contribution is 2.16. The summed E-state index contributed by atoms with van der Waals surface area (Å²) < 4.78 is 18.6. The van der Waals surface area contributed by atoms with Gasteiger partial charge in [0.1, 0.15) is 5.82 Å². The second kappa shape index (κ2) is 11.1. The van der Waals surface area contributed by atoms with E-state index in [0.717, 1.165) is 17.3 Å². The highest BCUT2D eigenvalue weighted by Gasteiger charge is 2.14. The van der Waals surface area contributed by atoms with Crippen LogP contribution in [0.15, 0.2) is 23.2 Å². The van der Waals surface area contributed by atoms with Crippen LogP contribution in [0.2, 0.25) is 0 Å². The standard InChI is InChI=1S/C16H24FN3OS.HI/c1-18-16(20-14-4-3-7-22-11-14)19-9-12-5-6-15(17)13(8-12)10-21-2;/h5-6,8,14H,3-4,7,9-11H2,1-2H3,(H2,18,19,20);1H. The van der Waals surface area contributed by atoms with Crippen molar-refractivity contribution in [2.24, 2.45) is 4.99 Å². The molecular weight excluding hydrogens is 428 g/mol. The molecule has 0 spiro atoms. The summed E-state index contributed by atoms with van der Waals surface area (Å²) >= 11 is 1.98. The lowest BCUT2D eigenvalue weighted by Crippen LogP contribution is -2.45. The van der Waals surface area contributed by atoms with E-state index >= 15 is 0 Å². The molecule has 1 saturated heterocycles. The number of aliphatic imine (C=N–C) groups is 1. The fraction of sp³-hybridized carbons (Fsp3) is 0.562. The van der Waals surface area contributed by atoms with Crippen LogP contribution in [0, 0.1) is 5.82 Å². The first-order chi connectivity index (χ1) is 10.7. The van der Waals surface area contributed by atoms with E-state index in [1.54, 1.807) is 20.2 Å². The summed E-state index contributed by atoms with van der Waals surface area (Å²) in [6.45, 7) is 0.891. The lowest BCUT2D eigenvalue weighted by molar-refractivity contribution is 0.181. The normalized spacial score (nSPS) is 18.2. The van der Waals surface area contributed by atoms with Crippen LogP contribution in [0.3, 0.4) is 0 Å². The molecule has 1 fully saturated rings. The van der Waals surface area contributed by atoms with Gasteiger partial charge in [0.2, 0.25) is 0 Å². The van der Waals surface area contributed by atoms with E-state index in [0.29, 0.717) is 18.2 Å². The van der Waals surface area contributed by atoms with Crippen LogP contribution >= 0.6 is 35.7 Å². The van der Waals surface area contributed by atoms with Crippen LogP contribution in [0.5, 0.6) is 0 Å². The number of thioether (sulfide) groups is 1. The van der Waals surface area contributed by atoms with Gasteiger partial charge in [-0.1, -0.05) is 6.07 Å². The van der Waals surface area contributed by atoms with Crippen molar-refractivity contribution in [3.05, 3.63) is 35.1 Å². The van der Waals surface area contributed by atoms with Gasteiger partial charge >= 0.3 is 0 Å². The van der Waals surface area contributed by atoms with E-state index < -0.39 is 0 Å². The van der Waals surface area contributed by atoms with Gasteiger partial charge in [-0.15, -0.1) is 24.0 Å². The predicted octanol–water partition coefficient (Wildman–Crippen LogP) is 3.15. The molecule has 1 atom stereocenters. The highest BCUT2D eigenvalue weighted by molar-refractivity contribution is 14.0. The first-order valence-corrected chi connectivity index (χ1v) is 8.69. The summed E-state index contributed by atoms with van der Waals surface area (Å²) in [7, 11) is 3.34. The molecule has 1 heterocycles. The molecule has 7 heteroatoms. The van der Waals surface area contributed by atoms with Crippen molar-refractivity contribution in [3.63, 3.8) is 0 Å². The van der Waals surface area contributed by atoms with Gasteiger partial charge in [-0.25, -0.2) is 4.39 Å². The summed E-state index contributed by atoms with van der Waals surface area (Å²) in [6.07, 6.45) is 2.43. The van der Waals surface area contributed by atoms with E-state index in [1.807, 2.05) is 17.8 Å². The van der Waals surface area contributed by atoms with Crippen molar-refractivity contribution in [1.82, 2.24) is 10.6 Å². The van der Waals surface area contributed by atoms with Crippen LogP contribution in [0.1, 0.15) is 24.0 Å². The average Bonchev–Trinajstić information content (AvgIpc) is 2.55. The molecule has 23 heavy (non-hydrogen) atoms. The summed E-state index contributed by atoms with van der Waals surface area (Å²) in [4.78, 5) is 4.26. The Morgan fingerprint density at radius 2 is 2.30 bits per heavy atom. The Labute approximate surface area is 159 Å². The van der Waals surface area contributed by atoms with E-state index in [9.17, 15) is 4.39 Å². The quantitative estimate of drug-likeness (QED) is 0.409. The number of benzene rings is 1. The minimum atomic E-state index is -0.229. The molecule has 0 amide bonds. The van der Waals surface area contributed by atoms with Gasteiger partial charge in [-0.05, 0) is 36.3 Å². The van der Waals surface area contributed by atoms with Gasteiger partial charge in [-0.2, -0.15) is 11.8 Å². The Morgan fingerprint density at radius 1 is 1.48 bits per heavy atom. The number of hydrogen-bond acceptors (Lipinski definition) is 3. The maximum Gasteiger partial charge on any atom is 0.191 e. The van der Waals surface area contributed by atoms with Gasteiger partial charge in [0, 0.05) is 38.1 Å². The Kier molecular flexibility index (Phi) is 9.89. The third-order valence-corrected chi connectivity index (χ3v) is 4.81. The average molecular weight is 453 g/mol. The van der Waals surface area contributed by atoms with Gasteiger partial charge in [0.05, 0.1) is 6.61 Å². The monoisotopic (exact) mass is 453 g/mol. The number of ether oxygens (including phenoxy) is 1. The minimum Gasteiger partial charge on any atom is -0.380 e. The second-order valence-electron chi connectivity index (χ2n) is 5.34. The Hall–Kier alpha value is -0.540. The molecule has 1 aliphatic heterocycles. The van der Waals surface area contributed by atoms with E-state index in [4.69, 9.17) is 4.74 Å². The minimum absolute atomic E-state index is 0. The van der Waals surface area contributed by atoms with Gasteiger partial charge < -0.3 is 15.4 Å². The SMILES string of the molecule is CN=C(NCc1ccc(F)c(COC)c1)NC1CCCSC1.I. The smallest absolute Gasteiger partial charge is 0.191 e. The molecule has 2 N–H and O–H groups in total. The van der Waals surface area contributed by atoms with E-state index in [-0.39, 0.29) is 36.4 Å². The number of guanidine groups is 1. The molecule has 0 bridgehead atoms. The Balaban J connectivity index is 0.00000264. The van der Waals surface area contributed by atoms with Crippen molar-refractivity contribution >= 4 is 41.7 Å². The van der Waals surface area contributed by atoms with E-state index in [1.165, 1.54) is 24.7 Å². The molecule has 2 rings (SSSR count). The van der Waals surface area contributed by atoms with E-state index in [2.05, 4.69) is 15.6 Å². The zero-order valence-corrected chi connectivity index (χ0v) is 16.7. The van der Waals surface area contributed by atoms with Crippen LogP contribution in [0.4, 0.5) is 4.39 Å². The molecule has 4 nitrogen and oxygen atoms in total. The number of nitrogens with zero attached hydrogens (tertiary/aromatic N) is 1. The van der Waals surface area contributed by atoms with Crippen LogP contribution < -0.4 is 10.6 Å². The number of nitrogens with one attached hydrogen (secondary N) is 2. The summed E-state index contributed by atoms with van der Waals surface area (Å²) in [5.74, 6) is 2.94. The van der Waals surface area contributed by atoms with Crippen LogP contribution in [0.25, 0.3) is 0 Å². The molecule has 1 aliphatic rings. The molecule has 0 saturated carbocycles. The van der Waals surface area contributed by atoms with Crippen LogP contribution in [-0.2, 0) is 17.9 Å². The largest absolute Gasteiger partial charge is 0.380 e. The van der Waals surface area contributed by atoms with Crippen molar-refractivity contribution in [3.8, 4) is 0 Å². The second-order valence-corrected chi connectivity index (χ2v) is 6.49. The number of methoxy groups -OCH3 is 1. The number of halogens is 2. The maximum atomic E-state index is 13.6. The lowest BCUT2D eigenvalue weighted by Gasteiger charge is -2.24. The summed E-state index contributed by atoms with van der Waals surface area (Å²) in [6, 6.07) is 5.57. The van der Waals surface area contributed by atoms with Crippen molar-refractivity contribution < 1.29 is 9.13 Å². The molecule has 1 unspecified atom stereocenters. The first kappa shape index (κ1) is 20.5. The fourth-order valence-corrected chi connectivity index (χ4v) is 3.50. The third-order valence-electron chi connectivity index (χ3n) is 3.59. The number of hydrogen-bond donors (Lipinski definition) is 2. The van der Waals surface area contributed by atoms with Crippen LogP contribution in [-0.4, -0.2) is 37.7 Å². The molecule has 0 aromatic heterocycles. The topological polar surface area (TPSA) is 45.7 Å². The first-order valence-electron chi connectivity index (χ1n) is 7.54. The lowest BCUT2D eigenvalue weighted by atomic mass is 10.1. The van der Waals surface area contributed by atoms with Crippen molar-refractivity contribution in [2.45, 2.75) is 32.0 Å². The van der Waals surface area contributed by atoms with Gasteiger partial charge in [-0.3, -0.25) is 4.99 Å². The summed E-state index contributed by atoms with van der Waals surface area (Å²) in [5.41, 5.74) is 1.59. The molecular formula is C16H25FIN3OS. The zero-order chi connectivity index (χ0) is 15.8. The highest BCUT2D eigenvalue weighted by atomic mass is 127. The van der Waals surface area contributed by atoms with Gasteiger partial charge in [0.15, 0.2) is 5.96 Å². The Morgan fingerprint density at radius 3 is 2.96 bits per heavy atom. The molecule has 1 aromatic carbocycles. The fourth-order valence-electron chi connectivity index (χ4n) is 2.43.